The van der Waals surface area contributed by atoms with Crippen molar-refractivity contribution in [1.29, 1.82) is 0 Å². The Morgan fingerprint density at radius 1 is 1.21 bits per heavy atom. The predicted molar refractivity (Wildman–Crippen MR) is 135 cm³/mol. The van der Waals surface area contributed by atoms with Gasteiger partial charge in [0.1, 0.15) is 18.5 Å². The SMILES string of the molecule is CCCC[C@@H](CC)CNc1nc2c(c(=O)[nH]c(=O)n2C)n1C[C@H](O)COc1ccc(C)c(C)c1. The van der Waals surface area contributed by atoms with E-state index in [9.17, 15) is 14.7 Å². The number of aliphatic hydroxyl groups is 1. The summed E-state index contributed by atoms with van der Waals surface area (Å²) in [5, 5.41) is 14.1. The molecule has 9 nitrogen and oxygen atoms in total. The number of aliphatic hydroxyl groups excluding tert-OH is 1. The summed E-state index contributed by atoms with van der Waals surface area (Å²) < 4.78 is 8.75. The highest BCUT2D eigenvalue weighted by atomic mass is 16.5. The Morgan fingerprint density at radius 3 is 2.65 bits per heavy atom. The summed E-state index contributed by atoms with van der Waals surface area (Å²) in [6.07, 6.45) is 3.53. The number of anilines is 1. The lowest BCUT2D eigenvalue weighted by atomic mass is 9.99. The number of unbranched alkanes of at least 4 members (excludes halogenated alkanes) is 1. The monoisotopic (exact) mass is 471 g/mol. The van der Waals surface area contributed by atoms with Gasteiger partial charge in [-0.2, -0.15) is 4.98 Å². The molecule has 0 saturated carbocycles. The number of hydrogen-bond acceptors (Lipinski definition) is 6. The lowest BCUT2D eigenvalue weighted by Crippen LogP contribution is -2.31. The summed E-state index contributed by atoms with van der Waals surface area (Å²) in [5.41, 5.74) is 1.75. The second kappa shape index (κ2) is 11.4. The molecule has 2 aromatic heterocycles. The van der Waals surface area contributed by atoms with Gasteiger partial charge in [0.25, 0.3) is 5.56 Å². The number of aromatic amines is 1. The van der Waals surface area contributed by atoms with Crippen LogP contribution in [0.2, 0.25) is 0 Å². The van der Waals surface area contributed by atoms with Crippen molar-refractivity contribution in [2.45, 2.75) is 66.0 Å². The van der Waals surface area contributed by atoms with Crippen molar-refractivity contribution in [2.24, 2.45) is 13.0 Å². The van der Waals surface area contributed by atoms with Gasteiger partial charge in [-0.05, 0) is 49.4 Å². The minimum Gasteiger partial charge on any atom is -0.491 e. The van der Waals surface area contributed by atoms with E-state index < -0.39 is 17.4 Å². The van der Waals surface area contributed by atoms with Crippen molar-refractivity contribution in [2.75, 3.05) is 18.5 Å². The number of aryl methyl sites for hydroxylation is 3. The van der Waals surface area contributed by atoms with E-state index in [1.165, 1.54) is 10.1 Å². The van der Waals surface area contributed by atoms with Gasteiger partial charge in [-0.25, -0.2) is 4.79 Å². The number of fused-ring (bicyclic) bond motifs is 1. The third kappa shape index (κ3) is 5.88. The van der Waals surface area contributed by atoms with Crippen LogP contribution in [0.1, 0.15) is 50.7 Å². The van der Waals surface area contributed by atoms with Crippen molar-refractivity contribution < 1.29 is 9.84 Å². The fourth-order valence-electron chi connectivity index (χ4n) is 3.99. The molecule has 3 aromatic rings. The summed E-state index contributed by atoms with van der Waals surface area (Å²) in [6, 6.07) is 5.78. The maximum Gasteiger partial charge on any atom is 0.329 e. The Labute approximate surface area is 199 Å². The second-order valence-corrected chi connectivity index (χ2v) is 9.04. The molecule has 0 aliphatic carbocycles. The van der Waals surface area contributed by atoms with Gasteiger partial charge in [0.2, 0.25) is 5.95 Å². The zero-order valence-corrected chi connectivity index (χ0v) is 20.9. The quantitative estimate of drug-likeness (QED) is 0.374. The Bertz CT molecular complexity index is 1230. The summed E-state index contributed by atoms with van der Waals surface area (Å²) in [5.74, 6) is 1.60. The zero-order valence-electron chi connectivity index (χ0n) is 20.9. The van der Waals surface area contributed by atoms with Crippen LogP contribution in [-0.2, 0) is 13.6 Å². The van der Waals surface area contributed by atoms with Gasteiger partial charge < -0.3 is 19.7 Å². The Kier molecular flexibility index (Phi) is 8.55. The topological polar surface area (TPSA) is 114 Å². The summed E-state index contributed by atoms with van der Waals surface area (Å²) in [4.78, 5) is 31.7. The number of imidazole rings is 1. The third-order valence-corrected chi connectivity index (χ3v) is 6.41. The molecule has 34 heavy (non-hydrogen) atoms. The molecule has 2 atom stereocenters. The van der Waals surface area contributed by atoms with E-state index in [4.69, 9.17) is 4.74 Å². The van der Waals surface area contributed by atoms with Gasteiger partial charge in [0.15, 0.2) is 11.2 Å². The van der Waals surface area contributed by atoms with Gasteiger partial charge in [-0.1, -0.05) is 39.2 Å². The highest BCUT2D eigenvalue weighted by Crippen LogP contribution is 2.20. The van der Waals surface area contributed by atoms with Gasteiger partial charge in [-0.15, -0.1) is 0 Å². The molecule has 1 aromatic carbocycles. The Morgan fingerprint density at radius 2 is 1.97 bits per heavy atom. The highest BCUT2D eigenvalue weighted by molar-refractivity contribution is 5.74. The minimum absolute atomic E-state index is 0.0549. The molecular weight excluding hydrogens is 434 g/mol. The largest absolute Gasteiger partial charge is 0.491 e. The van der Waals surface area contributed by atoms with Crippen LogP contribution in [0.15, 0.2) is 27.8 Å². The van der Waals surface area contributed by atoms with Crippen molar-refractivity contribution in [3.8, 4) is 5.75 Å². The van der Waals surface area contributed by atoms with Gasteiger partial charge in [0, 0.05) is 13.6 Å². The van der Waals surface area contributed by atoms with Crippen LogP contribution in [0, 0.1) is 19.8 Å². The number of hydrogen-bond donors (Lipinski definition) is 3. The van der Waals surface area contributed by atoms with E-state index in [2.05, 4.69) is 29.1 Å². The zero-order chi connectivity index (χ0) is 24.8. The number of H-pyrrole nitrogens is 1. The predicted octanol–water partition coefficient (Wildman–Crippen LogP) is 3.11. The lowest BCUT2D eigenvalue weighted by Gasteiger charge is -2.18. The van der Waals surface area contributed by atoms with Crippen LogP contribution in [0.4, 0.5) is 5.95 Å². The maximum atomic E-state index is 12.7. The molecule has 0 spiro atoms. The molecule has 0 fully saturated rings. The van der Waals surface area contributed by atoms with Crippen LogP contribution in [0.25, 0.3) is 11.2 Å². The standard InChI is InChI=1S/C25H37N5O4/c1-6-8-9-18(7-2)13-26-24-27-22-21(23(32)28-25(33)29(22)5)30(24)14-19(31)15-34-20-11-10-16(3)17(4)12-20/h10-12,18-19,31H,6-9,13-15H2,1-5H3,(H,26,27)(H,28,32,33)/t18-,19+/m1/s1. The molecule has 0 saturated heterocycles. The Balaban J connectivity index is 1.85. The summed E-state index contributed by atoms with van der Waals surface area (Å²) in [6.45, 7) is 9.22. The number of nitrogens with one attached hydrogen (secondary N) is 2. The van der Waals surface area contributed by atoms with E-state index in [-0.39, 0.29) is 24.3 Å². The molecule has 2 heterocycles. The lowest BCUT2D eigenvalue weighted by molar-refractivity contribution is 0.0938. The third-order valence-electron chi connectivity index (χ3n) is 6.41. The van der Waals surface area contributed by atoms with E-state index in [1.807, 2.05) is 32.0 Å². The fourth-order valence-corrected chi connectivity index (χ4v) is 3.99. The second-order valence-electron chi connectivity index (χ2n) is 9.04. The molecule has 9 heteroatoms. The molecule has 186 valence electrons. The Hall–Kier alpha value is -3.07. The van der Waals surface area contributed by atoms with Crippen LogP contribution in [-0.4, -0.2) is 43.5 Å². The van der Waals surface area contributed by atoms with Crippen LogP contribution >= 0.6 is 0 Å². The molecule has 0 aliphatic heterocycles. The molecule has 3 N–H and O–H groups in total. The van der Waals surface area contributed by atoms with Crippen molar-refractivity contribution in [3.05, 3.63) is 50.2 Å². The van der Waals surface area contributed by atoms with E-state index in [1.54, 1.807) is 11.6 Å². The fraction of sp³-hybridized carbons (Fsp3) is 0.560. The van der Waals surface area contributed by atoms with E-state index in [0.717, 1.165) is 31.2 Å². The van der Waals surface area contributed by atoms with Crippen LogP contribution in [0.3, 0.4) is 0 Å². The average molecular weight is 472 g/mol. The summed E-state index contributed by atoms with van der Waals surface area (Å²) in [7, 11) is 1.57. The molecule has 3 rings (SSSR count). The van der Waals surface area contributed by atoms with Gasteiger partial charge in [0.05, 0.1) is 6.54 Å². The molecule has 0 aliphatic rings. The molecule has 0 radical (unpaired) electrons. The minimum atomic E-state index is -0.891. The number of ether oxygens (including phenoxy) is 1. The van der Waals surface area contributed by atoms with Gasteiger partial charge >= 0.3 is 5.69 Å². The first-order valence-electron chi connectivity index (χ1n) is 12.1. The van der Waals surface area contributed by atoms with Crippen molar-refractivity contribution >= 4 is 17.1 Å². The molecular formula is C25H37N5O4. The van der Waals surface area contributed by atoms with Gasteiger partial charge in [-0.3, -0.25) is 14.3 Å². The maximum absolute atomic E-state index is 12.7. The van der Waals surface area contributed by atoms with E-state index >= 15 is 0 Å². The first kappa shape index (κ1) is 25.6. The highest BCUT2D eigenvalue weighted by Gasteiger charge is 2.20. The molecule has 0 amide bonds. The van der Waals surface area contributed by atoms with Crippen LogP contribution in [0.5, 0.6) is 5.75 Å². The number of aromatic nitrogens is 4. The first-order chi connectivity index (χ1) is 16.2. The number of nitrogens with zero attached hydrogens (tertiary/aromatic N) is 3. The smallest absolute Gasteiger partial charge is 0.329 e. The van der Waals surface area contributed by atoms with Crippen LogP contribution < -0.4 is 21.3 Å². The first-order valence-corrected chi connectivity index (χ1v) is 12.1. The number of rotatable bonds is 12. The summed E-state index contributed by atoms with van der Waals surface area (Å²) >= 11 is 0. The number of benzene rings is 1. The average Bonchev–Trinajstić information content (AvgIpc) is 3.17. The van der Waals surface area contributed by atoms with E-state index in [0.29, 0.717) is 24.2 Å². The molecule has 0 bridgehead atoms. The van der Waals surface area contributed by atoms with Crippen molar-refractivity contribution in [3.63, 3.8) is 0 Å². The normalized spacial score (nSPS) is 13.2. The molecule has 0 unspecified atom stereocenters. The van der Waals surface area contributed by atoms with Crippen molar-refractivity contribution in [1.82, 2.24) is 19.1 Å².